The van der Waals surface area contributed by atoms with Crippen molar-refractivity contribution >= 4 is 11.3 Å². The lowest BCUT2D eigenvalue weighted by atomic mass is 10.0. The molecule has 96 valence electrons. The second kappa shape index (κ2) is 4.44. The molecule has 0 radical (unpaired) electrons. The molecule has 0 atom stereocenters. The Morgan fingerprint density at radius 3 is 2.44 bits per heavy atom. The van der Waals surface area contributed by atoms with Crippen LogP contribution in [0.4, 0.5) is 4.39 Å². The minimum absolute atomic E-state index is 0.189. The molecule has 0 aliphatic heterocycles. The summed E-state index contributed by atoms with van der Waals surface area (Å²) in [6.45, 7) is 7.65. The molecule has 4 heteroatoms. The summed E-state index contributed by atoms with van der Waals surface area (Å²) in [6.07, 6.45) is 0. The lowest BCUT2D eigenvalue weighted by Gasteiger charge is -2.16. The van der Waals surface area contributed by atoms with Gasteiger partial charge in [-0.15, -0.1) is 11.3 Å². The van der Waals surface area contributed by atoms with Gasteiger partial charge in [0.15, 0.2) is 0 Å². The van der Waals surface area contributed by atoms with Crippen molar-refractivity contribution in [2.75, 3.05) is 0 Å². The Hall–Kier alpha value is -1.26. The quantitative estimate of drug-likeness (QED) is 0.897. The second-order valence-electron chi connectivity index (χ2n) is 5.12. The van der Waals surface area contributed by atoms with Crippen LogP contribution in [0.25, 0.3) is 10.6 Å². The fourth-order valence-corrected chi connectivity index (χ4v) is 2.97. The molecule has 2 rings (SSSR count). The molecule has 0 aliphatic carbocycles. The van der Waals surface area contributed by atoms with Gasteiger partial charge >= 0.3 is 0 Å². The Balaban J connectivity index is 2.49. The smallest absolute Gasteiger partial charge is 0.126 e. The summed E-state index contributed by atoms with van der Waals surface area (Å²) < 4.78 is 13.3. The van der Waals surface area contributed by atoms with Crippen LogP contribution in [0.2, 0.25) is 0 Å². The van der Waals surface area contributed by atoms with Crippen molar-refractivity contribution in [3.8, 4) is 10.6 Å². The maximum absolute atomic E-state index is 13.3. The maximum atomic E-state index is 13.3. The Bertz CT molecular complexity index is 582. The van der Waals surface area contributed by atoms with Crippen molar-refractivity contribution in [3.05, 3.63) is 40.2 Å². The van der Waals surface area contributed by atoms with Crippen LogP contribution < -0.4 is 5.73 Å². The third kappa shape index (κ3) is 2.44. The topological polar surface area (TPSA) is 38.9 Å². The minimum Gasteiger partial charge on any atom is -0.321 e. The third-order valence-corrected chi connectivity index (χ3v) is 4.33. The zero-order valence-electron chi connectivity index (χ0n) is 11.0. The van der Waals surface area contributed by atoms with Crippen LogP contribution in [-0.4, -0.2) is 4.98 Å². The van der Waals surface area contributed by atoms with Gasteiger partial charge in [-0.05, 0) is 51.5 Å². The first-order chi connectivity index (χ1) is 8.29. The van der Waals surface area contributed by atoms with Gasteiger partial charge in [-0.3, -0.25) is 0 Å². The third-order valence-electron chi connectivity index (χ3n) is 2.79. The first kappa shape index (κ1) is 13.2. The molecule has 1 aromatic carbocycles. The molecule has 2 aromatic rings. The van der Waals surface area contributed by atoms with E-state index in [1.807, 2.05) is 26.8 Å². The highest BCUT2D eigenvalue weighted by Gasteiger charge is 2.21. The van der Waals surface area contributed by atoms with Crippen LogP contribution in [0.3, 0.4) is 0 Å². The van der Waals surface area contributed by atoms with Gasteiger partial charge in [0.25, 0.3) is 0 Å². The second-order valence-corrected chi connectivity index (χ2v) is 6.12. The van der Waals surface area contributed by atoms with Gasteiger partial charge in [-0.25, -0.2) is 9.37 Å². The molecular weight excluding hydrogens is 247 g/mol. The number of nitrogens with zero attached hydrogens (tertiary/aromatic N) is 1. The van der Waals surface area contributed by atoms with E-state index < -0.39 is 5.54 Å². The normalized spacial score (nSPS) is 11.9. The predicted octanol–water partition coefficient (Wildman–Crippen LogP) is 3.76. The SMILES string of the molecule is Cc1cc(-c2nc(C)c(C(C)(C)N)s2)ccc1F. The number of nitrogens with two attached hydrogens (primary N) is 1. The Labute approximate surface area is 111 Å². The van der Waals surface area contributed by atoms with E-state index in [2.05, 4.69) is 4.98 Å². The van der Waals surface area contributed by atoms with E-state index in [1.165, 1.54) is 6.07 Å². The van der Waals surface area contributed by atoms with Crippen molar-refractivity contribution in [2.45, 2.75) is 33.2 Å². The van der Waals surface area contributed by atoms with Crippen molar-refractivity contribution in [3.63, 3.8) is 0 Å². The number of rotatable bonds is 2. The van der Waals surface area contributed by atoms with Crippen molar-refractivity contribution in [1.82, 2.24) is 4.98 Å². The summed E-state index contributed by atoms with van der Waals surface area (Å²) in [6, 6.07) is 5.06. The molecule has 0 unspecified atom stereocenters. The highest BCUT2D eigenvalue weighted by Crippen LogP contribution is 2.33. The van der Waals surface area contributed by atoms with E-state index in [1.54, 1.807) is 24.3 Å². The molecular formula is C14H17FN2S. The van der Waals surface area contributed by atoms with Gasteiger partial charge in [0.1, 0.15) is 10.8 Å². The molecule has 0 aliphatic rings. The van der Waals surface area contributed by atoms with E-state index in [0.29, 0.717) is 5.56 Å². The number of thiazole rings is 1. The number of aryl methyl sites for hydroxylation is 2. The lowest BCUT2D eigenvalue weighted by molar-refractivity contribution is 0.562. The number of benzene rings is 1. The van der Waals surface area contributed by atoms with Crippen LogP contribution >= 0.6 is 11.3 Å². The predicted molar refractivity (Wildman–Crippen MR) is 74.2 cm³/mol. The average molecular weight is 264 g/mol. The van der Waals surface area contributed by atoms with E-state index in [9.17, 15) is 4.39 Å². The standard InChI is InChI=1S/C14H17FN2S/c1-8-7-10(5-6-11(8)15)13-17-9(2)12(18-13)14(3,4)16/h5-7H,16H2,1-4H3. The van der Waals surface area contributed by atoms with Crippen molar-refractivity contribution < 1.29 is 4.39 Å². The number of hydrogen-bond acceptors (Lipinski definition) is 3. The summed E-state index contributed by atoms with van der Waals surface area (Å²) >= 11 is 1.58. The first-order valence-corrected chi connectivity index (χ1v) is 6.64. The van der Waals surface area contributed by atoms with E-state index >= 15 is 0 Å². The molecule has 18 heavy (non-hydrogen) atoms. The van der Waals surface area contributed by atoms with Gasteiger partial charge in [-0.1, -0.05) is 0 Å². The fraction of sp³-hybridized carbons (Fsp3) is 0.357. The van der Waals surface area contributed by atoms with Crippen molar-refractivity contribution in [2.24, 2.45) is 5.73 Å². The van der Waals surface area contributed by atoms with Crippen LogP contribution in [-0.2, 0) is 5.54 Å². The molecule has 2 nitrogen and oxygen atoms in total. The molecule has 1 heterocycles. The molecule has 0 fully saturated rings. The molecule has 0 saturated carbocycles. The molecule has 0 bridgehead atoms. The molecule has 0 amide bonds. The average Bonchev–Trinajstić information content (AvgIpc) is 2.64. The molecule has 1 aromatic heterocycles. The fourth-order valence-electron chi connectivity index (χ4n) is 1.90. The zero-order valence-corrected chi connectivity index (χ0v) is 11.9. The number of halogens is 1. The van der Waals surface area contributed by atoms with E-state index in [-0.39, 0.29) is 5.82 Å². The largest absolute Gasteiger partial charge is 0.321 e. The Morgan fingerprint density at radius 2 is 1.94 bits per heavy atom. The highest BCUT2D eigenvalue weighted by atomic mass is 32.1. The van der Waals surface area contributed by atoms with Gasteiger partial charge in [0.05, 0.1) is 5.69 Å². The van der Waals surface area contributed by atoms with Gasteiger partial charge in [-0.2, -0.15) is 0 Å². The summed E-state index contributed by atoms with van der Waals surface area (Å²) in [5.41, 5.74) is 8.24. The van der Waals surface area contributed by atoms with Gasteiger partial charge in [0, 0.05) is 16.0 Å². The molecule has 2 N–H and O–H groups in total. The van der Waals surface area contributed by atoms with Crippen LogP contribution in [0.1, 0.15) is 30.0 Å². The van der Waals surface area contributed by atoms with E-state index in [0.717, 1.165) is 21.1 Å². The zero-order chi connectivity index (χ0) is 13.5. The Morgan fingerprint density at radius 1 is 1.28 bits per heavy atom. The summed E-state index contributed by atoms with van der Waals surface area (Å²) in [7, 11) is 0. The maximum Gasteiger partial charge on any atom is 0.126 e. The van der Waals surface area contributed by atoms with Crippen LogP contribution in [0.15, 0.2) is 18.2 Å². The molecule has 0 saturated heterocycles. The van der Waals surface area contributed by atoms with Gasteiger partial charge < -0.3 is 5.73 Å². The lowest BCUT2D eigenvalue weighted by Crippen LogP contribution is -2.28. The number of aromatic nitrogens is 1. The first-order valence-electron chi connectivity index (χ1n) is 5.82. The van der Waals surface area contributed by atoms with Gasteiger partial charge in [0.2, 0.25) is 0 Å². The Kier molecular flexibility index (Phi) is 3.25. The van der Waals surface area contributed by atoms with Crippen LogP contribution in [0, 0.1) is 19.7 Å². The molecule has 0 spiro atoms. The highest BCUT2D eigenvalue weighted by molar-refractivity contribution is 7.15. The summed E-state index contributed by atoms with van der Waals surface area (Å²) in [4.78, 5) is 5.60. The summed E-state index contributed by atoms with van der Waals surface area (Å²) in [5.74, 6) is -0.189. The minimum atomic E-state index is -0.394. The summed E-state index contributed by atoms with van der Waals surface area (Å²) in [5, 5.41) is 0.893. The monoisotopic (exact) mass is 264 g/mol. The van der Waals surface area contributed by atoms with Crippen molar-refractivity contribution in [1.29, 1.82) is 0 Å². The number of hydrogen-bond donors (Lipinski definition) is 1. The van der Waals surface area contributed by atoms with Crippen LogP contribution in [0.5, 0.6) is 0 Å². The van der Waals surface area contributed by atoms with E-state index in [4.69, 9.17) is 5.73 Å².